The third-order valence-electron chi connectivity index (χ3n) is 5.71. The van der Waals surface area contributed by atoms with Crippen molar-refractivity contribution in [2.24, 2.45) is 0 Å². The van der Waals surface area contributed by atoms with Gasteiger partial charge in [0.05, 0.1) is 19.3 Å². The fraction of sp³-hybridized carbons (Fsp3) is 0.259. The van der Waals surface area contributed by atoms with Crippen LogP contribution in [-0.4, -0.2) is 46.0 Å². The molecule has 0 aliphatic carbocycles. The Bertz CT molecular complexity index is 1390. The van der Waals surface area contributed by atoms with Gasteiger partial charge >= 0.3 is 0 Å². The molecule has 4 rings (SSSR count). The molecule has 0 aromatic heterocycles. The zero-order valence-corrected chi connectivity index (χ0v) is 21.6. The minimum Gasteiger partial charge on any atom is -0.495 e. The van der Waals surface area contributed by atoms with E-state index in [9.17, 15) is 18.0 Å². The molecule has 1 aliphatic heterocycles. The van der Waals surface area contributed by atoms with Crippen LogP contribution in [0.3, 0.4) is 0 Å². The van der Waals surface area contributed by atoms with Gasteiger partial charge in [0, 0.05) is 18.2 Å². The summed E-state index contributed by atoms with van der Waals surface area (Å²) in [7, 11) is -2.58. The van der Waals surface area contributed by atoms with Crippen molar-refractivity contribution in [3.8, 4) is 11.5 Å². The number of hydrogen-bond acceptors (Lipinski definition) is 6. The number of ether oxygens (including phenoxy) is 2. The van der Waals surface area contributed by atoms with Crippen molar-refractivity contribution >= 4 is 27.5 Å². The molecule has 0 fully saturated rings. The minimum absolute atomic E-state index is 0.0468. The third-order valence-corrected chi connectivity index (χ3v) is 7.39. The number of amides is 2. The molecule has 3 aromatic carbocycles. The highest BCUT2D eigenvalue weighted by Crippen LogP contribution is 2.35. The van der Waals surface area contributed by atoms with Gasteiger partial charge in [-0.25, -0.2) is 13.1 Å². The minimum atomic E-state index is -3.94. The van der Waals surface area contributed by atoms with Gasteiger partial charge in [-0.1, -0.05) is 42.5 Å². The molecule has 1 heterocycles. The molecule has 194 valence electrons. The van der Waals surface area contributed by atoms with E-state index in [0.29, 0.717) is 18.0 Å². The number of nitrogens with one attached hydrogen (secondary N) is 2. The van der Waals surface area contributed by atoms with E-state index in [1.54, 1.807) is 38.1 Å². The van der Waals surface area contributed by atoms with Crippen LogP contribution in [0.15, 0.2) is 77.7 Å². The first-order valence-electron chi connectivity index (χ1n) is 11.8. The number of sulfonamides is 1. The summed E-state index contributed by atoms with van der Waals surface area (Å²) in [4.78, 5) is 28.0. The first-order valence-corrected chi connectivity index (χ1v) is 13.3. The monoisotopic (exact) mass is 523 g/mol. The zero-order valence-electron chi connectivity index (χ0n) is 20.8. The fourth-order valence-corrected chi connectivity index (χ4v) is 5.46. The lowest BCUT2D eigenvalue weighted by molar-refractivity contribution is -0.128. The zero-order chi connectivity index (χ0) is 26.6. The number of rotatable bonds is 8. The molecule has 2 N–H and O–H groups in total. The van der Waals surface area contributed by atoms with E-state index in [1.807, 2.05) is 30.3 Å². The van der Waals surface area contributed by atoms with Crippen molar-refractivity contribution in [3.05, 3.63) is 83.9 Å². The highest BCUT2D eigenvalue weighted by molar-refractivity contribution is 7.89. The number of hydrogen-bond donors (Lipinski definition) is 2. The summed E-state index contributed by atoms with van der Waals surface area (Å²) in [6.07, 6.45) is -0.952. The Balaban J connectivity index is 1.62. The Hall–Kier alpha value is -3.89. The predicted octanol–water partition coefficient (Wildman–Crippen LogP) is 3.11. The highest BCUT2D eigenvalue weighted by Gasteiger charge is 2.35. The largest absolute Gasteiger partial charge is 0.495 e. The van der Waals surface area contributed by atoms with Crippen LogP contribution in [-0.2, 0) is 21.4 Å². The topological polar surface area (TPSA) is 114 Å². The Morgan fingerprint density at radius 2 is 1.76 bits per heavy atom. The van der Waals surface area contributed by atoms with Crippen LogP contribution in [0.4, 0.5) is 5.69 Å². The van der Waals surface area contributed by atoms with E-state index in [0.717, 1.165) is 5.56 Å². The molecule has 1 aliphatic rings. The third kappa shape index (κ3) is 5.92. The number of methoxy groups -OCH3 is 1. The Morgan fingerprint density at radius 3 is 2.46 bits per heavy atom. The Kier molecular flexibility index (Phi) is 7.80. The first kappa shape index (κ1) is 26.2. The molecule has 0 saturated carbocycles. The van der Waals surface area contributed by atoms with E-state index in [2.05, 4.69) is 10.0 Å². The lowest BCUT2D eigenvalue weighted by atomic mass is 10.1. The smallest absolute Gasteiger partial charge is 0.263 e. The van der Waals surface area contributed by atoms with Gasteiger partial charge in [-0.15, -0.1) is 0 Å². The summed E-state index contributed by atoms with van der Waals surface area (Å²) in [5.41, 5.74) is 1.55. The summed E-state index contributed by atoms with van der Waals surface area (Å²) in [6.45, 7) is 3.67. The molecule has 0 bridgehead atoms. The second-order valence-corrected chi connectivity index (χ2v) is 10.5. The van der Waals surface area contributed by atoms with Gasteiger partial charge in [0.25, 0.3) is 11.8 Å². The first-order chi connectivity index (χ1) is 17.7. The fourth-order valence-electron chi connectivity index (χ4n) is 4.01. The molecule has 3 aromatic rings. The van der Waals surface area contributed by atoms with E-state index < -0.39 is 22.0 Å². The van der Waals surface area contributed by atoms with Gasteiger partial charge in [-0.2, -0.15) is 0 Å². The lowest BCUT2D eigenvalue weighted by Gasteiger charge is -2.34. The van der Waals surface area contributed by atoms with Crippen molar-refractivity contribution in [2.45, 2.75) is 37.4 Å². The van der Waals surface area contributed by atoms with Crippen molar-refractivity contribution < 1.29 is 27.5 Å². The molecule has 10 heteroatoms. The Labute approximate surface area is 216 Å². The van der Waals surface area contributed by atoms with Crippen LogP contribution in [0.5, 0.6) is 11.5 Å². The van der Waals surface area contributed by atoms with E-state index in [1.165, 1.54) is 30.2 Å². The molecule has 1 atom stereocenters. The number of anilines is 1. The normalized spacial score (nSPS) is 15.0. The SMILES string of the molecule is COc1ccc(C(=O)N2C[C@@H](C(=O)NCc3ccccc3)Oc3ccccc32)cc1S(=O)(=O)NC(C)C. The number of fused-ring (bicyclic) bond motifs is 1. The molecule has 37 heavy (non-hydrogen) atoms. The van der Waals surface area contributed by atoms with Crippen LogP contribution >= 0.6 is 0 Å². The number of nitrogens with zero attached hydrogens (tertiary/aromatic N) is 1. The van der Waals surface area contributed by atoms with Crippen LogP contribution in [0, 0.1) is 0 Å². The second-order valence-electron chi connectivity index (χ2n) is 8.84. The van der Waals surface area contributed by atoms with Gasteiger partial charge in [0.1, 0.15) is 16.4 Å². The number of carbonyl (C=O) groups is 2. The van der Waals surface area contributed by atoms with Gasteiger partial charge in [-0.05, 0) is 49.7 Å². The maximum absolute atomic E-state index is 13.7. The summed E-state index contributed by atoms with van der Waals surface area (Å²) >= 11 is 0. The molecule has 0 radical (unpaired) electrons. The summed E-state index contributed by atoms with van der Waals surface area (Å²) in [5, 5.41) is 2.85. The van der Waals surface area contributed by atoms with Crippen LogP contribution < -0.4 is 24.4 Å². The van der Waals surface area contributed by atoms with Gasteiger partial charge in [0.2, 0.25) is 10.0 Å². The van der Waals surface area contributed by atoms with Crippen LogP contribution in [0.2, 0.25) is 0 Å². The molecular formula is C27H29N3O6S. The molecule has 2 amide bonds. The Morgan fingerprint density at radius 1 is 1.05 bits per heavy atom. The van der Waals surface area contributed by atoms with Crippen molar-refractivity contribution in [3.63, 3.8) is 0 Å². The quantitative estimate of drug-likeness (QED) is 0.469. The van der Waals surface area contributed by atoms with E-state index >= 15 is 0 Å². The average Bonchev–Trinajstić information content (AvgIpc) is 2.90. The number of para-hydroxylation sites is 2. The summed E-state index contributed by atoms with van der Waals surface area (Å²) in [6, 6.07) is 20.2. The number of carbonyl (C=O) groups excluding carboxylic acids is 2. The van der Waals surface area contributed by atoms with E-state index in [-0.39, 0.29) is 34.7 Å². The molecule has 0 spiro atoms. The van der Waals surface area contributed by atoms with Gasteiger partial charge < -0.3 is 19.7 Å². The maximum atomic E-state index is 13.7. The molecular weight excluding hydrogens is 494 g/mol. The highest BCUT2D eigenvalue weighted by atomic mass is 32.2. The average molecular weight is 524 g/mol. The van der Waals surface area contributed by atoms with Crippen molar-refractivity contribution in [1.29, 1.82) is 0 Å². The second kappa shape index (κ2) is 11.0. The number of benzene rings is 3. The molecule has 0 unspecified atom stereocenters. The summed E-state index contributed by atoms with van der Waals surface area (Å²) < 4.78 is 39.5. The summed E-state index contributed by atoms with van der Waals surface area (Å²) in [5.74, 6) is -0.342. The van der Waals surface area contributed by atoms with Crippen LogP contribution in [0.25, 0.3) is 0 Å². The molecule has 0 saturated heterocycles. The van der Waals surface area contributed by atoms with Crippen LogP contribution in [0.1, 0.15) is 29.8 Å². The lowest BCUT2D eigenvalue weighted by Crippen LogP contribution is -2.50. The standard InChI is InChI=1S/C27H29N3O6S/c1-18(2)29-37(33,34)25-15-20(13-14-23(25)35-3)27(32)30-17-24(36-22-12-8-7-11-21(22)30)26(31)28-16-19-9-5-4-6-10-19/h4-15,18,24,29H,16-17H2,1-3H3,(H,28,31)/t24-/m0/s1. The van der Waals surface area contributed by atoms with Crippen molar-refractivity contribution in [1.82, 2.24) is 10.0 Å². The van der Waals surface area contributed by atoms with Crippen molar-refractivity contribution in [2.75, 3.05) is 18.6 Å². The molecule has 9 nitrogen and oxygen atoms in total. The van der Waals surface area contributed by atoms with Gasteiger partial charge in [0.15, 0.2) is 6.10 Å². The predicted molar refractivity (Wildman–Crippen MR) is 139 cm³/mol. The van der Waals surface area contributed by atoms with E-state index in [4.69, 9.17) is 9.47 Å². The van der Waals surface area contributed by atoms with Gasteiger partial charge in [-0.3, -0.25) is 9.59 Å². The maximum Gasteiger partial charge on any atom is 0.263 e.